The lowest BCUT2D eigenvalue weighted by molar-refractivity contribution is -0.118. The van der Waals surface area contributed by atoms with Gasteiger partial charge in [0.15, 0.2) is 0 Å². The number of aromatic nitrogens is 1. The monoisotopic (exact) mass is 205 g/mol. The molecule has 2 rings (SSSR count). The van der Waals surface area contributed by atoms with Crippen molar-refractivity contribution in [3.8, 4) is 0 Å². The number of nitrogens with zero attached hydrogens (tertiary/aromatic N) is 2. The molecule has 4 nitrogen and oxygen atoms in total. The van der Waals surface area contributed by atoms with E-state index < -0.39 is 0 Å². The molecule has 1 aromatic heterocycles. The zero-order valence-electron chi connectivity index (χ0n) is 8.81. The molecule has 1 saturated heterocycles. The fourth-order valence-corrected chi connectivity index (χ4v) is 1.74. The summed E-state index contributed by atoms with van der Waals surface area (Å²) in [5.74, 6) is 0.000971. The molecular formula is C11H15N3O. The van der Waals surface area contributed by atoms with Gasteiger partial charge in [-0.2, -0.15) is 0 Å². The third-order valence-electron chi connectivity index (χ3n) is 2.73. The predicted molar refractivity (Wildman–Crippen MR) is 58.6 cm³/mol. The van der Waals surface area contributed by atoms with Crippen LogP contribution >= 0.6 is 0 Å². The van der Waals surface area contributed by atoms with E-state index >= 15 is 0 Å². The molecule has 1 atom stereocenters. The van der Waals surface area contributed by atoms with Crippen LogP contribution in [0.4, 0.5) is 5.69 Å². The van der Waals surface area contributed by atoms with Gasteiger partial charge >= 0.3 is 0 Å². The molecule has 0 radical (unpaired) electrons. The van der Waals surface area contributed by atoms with Gasteiger partial charge in [-0.05, 0) is 25.0 Å². The lowest BCUT2D eigenvalue weighted by Gasteiger charge is -2.15. The number of hydrogen-bond acceptors (Lipinski definition) is 3. The summed E-state index contributed by atoms with van der Waals surface area (Å²) < 4.78 is 0. The van der Waals surface area contributed by atoms with Crippen LogP contribution in [0.3, 0.4) is 0 Å². The van der Waals surface area contributed by atoms with Crippen LogP contribution in [0.15, 0.2) is 18.3 Å². The molecule has 0 aromatic carbocycles. The molecule has 2 N–H and O–H groups in total. The third-order valence-corrected chi connectivity index (χ3v) is 2.73. The molecule has 1 aromatic rings. The largest absolute Gasteiger partial charge is 0.320 e. The summed E-state index contributed by atoms with van der Waals surface area (Å²) >= 11 is 0. The molecule has 0 saturated carbocycles. The van der Waals surface area contributed by atoms with Crippen molar-refractivity contribution in [3.05, 3.63) is 24.0 Å². The van der Waals surface area contributed by atoms with E-state index in [4.69, 9.17) is 5.73 Å². The summed E-state index contributed by atoms with van der Waals surface area (Å²) in [7, 11) is 0. The topological polar surface area (TPSA) is 59.2 Å². The Morgan fingerprint density at radius 3 is 2.87 bits per heavy atom. The van der Waals surface area contributed by atoms with E-state index in [1.807, 2.05) is 12.1 Å². The molecule has 15 heavy (non-hydrogen) atoms. The Labute approximate surface area is 89.1 Å². The molecule has 0 aliphatic carbocycles. The molecule has 80 valence electrons. The standard InChI is InChI=1S/C11H15N3O/c1-2-8-3-4-9(7-13-8)14-6-5-10(12)11(14)15/h3-4,7,10H,2,5-6,12H2,1H3. The zero-order valence-corrected chi connectivity index (χ0v) is 8.81. The maximum atomic E-state index is 11.6. The normalized spacial score (nSPS) is 21.1. The Hall–Kier alpha value is -1.42. The highest BCUT2D eigenvalue weighted by molar-refractivity contribution is 5.99. The molecule has 0 spiro atoms. The number of carbonyl (C=O) groups is 1. The first kappa shape index (κ1) is 10.1. The van der Waals surface area contributed by atoms with E-state index in [0.29, 0.717) is 6.54 Å². The fraction of sp³-hybridized carbons (Fsp3) is 0.455. The van der Waals surface area contributed by atoms with Crippen LogP contribution in [0.5, 0.6) is 0 Å². The summed E-state index contributed by atoms with van der Waals surface area (Å²) in [6, 6.07) is 3.55. The van der Waals surface area contributed by atoms with Crippen molar-refractivity contribution in [3.63, 3.8) is 0 Å². The molecule has 0 bridgehead atoms. The number of hydrogen-bond donors (Lipinski definition) is 1. The van der Waals surface area contributed by atoms with Gasteiger partial charge in [0.1, 0.15) is 0 Å². The summed E-state index contributed by atoms with van der Waals surface area (Å²) in [5.41, 5.74) is 7.54. The summed E-state index contributed by atoms with van der Waals surface area (Å²) in [5, 5.41) is 0. The van der Waals surface area contributed by atoms with E-state index in [0.717, 1.165) is 24.2 Å². The van der Waals surface area contributed by atoms with Gasteiger partial charge in [-0.1, -0.05) is 6.92 Å². The van der Waals surface area contributed by atoms with Gasteiger partial charge in [0.25, 0.3) is 0 Å². The predicted octanol–water partition coefficient (Wildman–Crippen LogP) is 0.708. The van der Waals surface area contributed by atoms with Gasteiger partial charge in [0.05, 0.1) is 17.9 Å². The van der Waals surface area contributed by atoms with Gasteiger partial charge < -0.3 is 10.6 Å². The summed E-state index contributed by atoms with van der Waals surface area (Å²) in [4.78, 5) is 17.6. The molecular weight excluding hydrogens is 190 g/mol. The first-order chi connectivity index (χ1) is 7.22. The summed E-state index contributed by atoms with van der Waals surface area (Å²) in [6.45, 7) is 2.76. The van der Waals surface area contributed by atoms with Crippen molar-refractivity contribution in [2.24, 2.45) is 5.73 Å². The third kappa shape index (κ3) is 1.85. The SMILES string of the molecule is CCc1ccc(N2CCC(N)C2=O)cn1. The van der Waals surface area contributed by atoms with Crippen molar-refractivity contribution >= 4 is 11.6 Å². The highest BCUT2D eigenvalue weighted by atomic mass is 16.2. The number of aryl methyl sites for hydroxylation is 1. The smallest absolute Gasteiger partial charge is 0.244 e. The molecule has 1 amide bonds. The highest BCUT2D eigenvalue weighted by Crippen LogP contribution is 2.19. The van der Waals surface area contributed by atoms with Crippen LogP contribution in [0.1, 0.15) is 19.0 Å². The Morgan fingerprint density at radius 2 is 2.40 bits per heavy atom. The second-order valence-electron chi connectivity index (χ2n) is 3.75. The molecule has 1 unspecified atom stereocenters. The van der Waals surface area contributed by atoms with Crippen LogP contribution in [0.2, 0.25) is 0 Å². The average molecular weight is 205 g/mol. The second-order valence-corrected chi connectivity index (χ2v) is 3.75. The Morgan fingerprint density at radius 1 is 1.60 bits per heavy atom. The van der Waals surface area contributed by atoms with E-state index in [9.17, 15) is 4.79 Å². The van der Waals surface area contributed by atoms with E-state index in [1.165, 1.54) is 0 Å². The molecule has 4 heteroatoms. The van der Waals surface area contributed by atoms with Crippen molar-refractivity contribution in [1.82, 2.24) is 4.98 Å². The number of pyridine rings is 1. The molecule has 1 aliphatic rings. The number of amides is 1. The van der Waals surface area contributed by atoms with Crippen molar-refractivity contribution in [1.29, 1.82) is 0 Å². The van der Waals surface area contributed by atoms with Crippen LogP contribution in [-0.4, -0.2) is 23.5 Å². The minimum Gasteiger partial charge on any atom is -0.320 e. The maximum absolute atomic E-state index is 11.6. The molecule has 2 heterocycles. The van der Waals surface area contributed by atoms with Crippen molar-refractivity contribution < 1.29 is 4.79 Å². The van der Waals surface area contributed by atoms with E-state index in [1.54, 1.807) is 11.1 Å². The first-order valence-corrected chi connectivity index (χ1v) is 5.24. The Bertz CT molecular complexity index is 361. The van der Waals surface area contributed by atoms with Crippen molar-refractivity contribution in [2.75, 3.05) is 11.4 Å². The molecule has 1 aliphatic heterocycles. The van der Waals surface area contributed by atoms with E-state index in [2.05, 4.69) is 11.9 Å². The number of carbonyl (C=O) groups excluding carboxylic acids is 1. The first-order valence-electron chi connectivity index (χ1n) is 5.24. The van der Waals surface area contributed by atoms with Crippen LogP contribution in [0, 0.1) is 0 Å². The molecule has 1 fully saturated rings. The highest BCUT2D eigenvalue weighted by Gasteiger charge is 2.29. The lowest BCUT2D eigenvalue weighted by Crippen LogP contribution is -2.33. The number of anilines is 1. The maximum Gasteiger partial charge on any atom is 0.244 e. The van der Waals surface area contributed by atoms with Crippen LogP contribution in [0.25, 0.3) is 0 Å². The van der Waals surface area contributed by atoms with Gasteiger partial charge in [-0.15, -0.1) is 0 Å². The lowest BCUT2D eigenvalue weighted by atomic mass is 10.2. The number of nitrogens with two attached hydrogens (primary N) is 1. The fourth-order valence-electron chi connectivity index (χ4n) is 1.74. The number of rotatable bonds is 2. The van der Waals surface area contributed by atoms with Crippen molar-refractivity contribution in [2.45, 2.75) is 25.8 Å². The van der Waals surface area contributed by atoms with Gasteiger partial charge in [-0.3, -0.25) is 9.78 Å². The minimum absolute atomic E-state index is 0.000971. The van der Waals surface area contributed by atoms with Gasteiger partial charge in [-0.25, -0.2) is 0 Å². The van der Waals surface area contributed by atoms with Gasteiger partial charge in [0.2, 0.25) is 5.91 Å². The van der Waals surface area contributed by atoms with Crippen LogP contribution in [-0.2, 0) is 11.2 Å². The second kappa shape index (κ2) is 3.98. The van der Waals surface area contributed by atoms with Gasteiger partial charge in [0, 0.05) is 12.2 Å². The zero-order chi connectivity index (χ0) is 10.8. The quantitative estimate of drug-likeness (QED) is 0.773. The summed E-state index contributed by atoms with van der Waals surface area (Å²) in [6.07, 6.45) is 3.39. The minimum atomic E-state index is -0.337. The average Bonchev–Trinajstić information content (AvgIpc) is 2.60. The Kier molecular flexibility index (Phi) is 2.68. The van der Waals surface area contributed by atoms with Crippen LogP contribution < -0.4 is 10.6 Å². The van der Waals surface area contributed by atoms with E-state index in [-0.39, 0.29) is 11.9 Å². The Balaban J connectivity index is 2.19.